The van der Waals surface area contributed by atoms with E-state index in [4.69, 9.17) is 0 Å². The third kappa shape index (κ3) is 1.70. The van der Waals surface area contributed by atoms with Gasteiger partial charge in [-0.25, -0.2) is 0 Å². The molecule has 4 bridgehead atoms. The second-order valence-corrected chi connectivity index (χ2v) is 7.98. The van der Waals surface area contributed by atoms with Crippen molar-refractivity contribution in [1.29, 1.82) is 0 Å². The quantitative estimate of drug-likeness (QED) is 0.831. The van der Waals surface area contributed by atoms with Crippen molar-refractivity contribution in [1.82, 2.24) is 14.8 Å². The minimum Gasteiger partial charge on any atom is -0.314 e. The molecule has 5 fully saturated rings. The highest BCUT2D eigenvalue weighted by Crippen LogP contribution is 2.61. The number of hydrogen-bond donors (Lipinski definition) is 0. The second kappa shape index (κ2) is 3.62. The summed E-state index contributed by atoms with van der Waals surface area (Å²) in [5, 5.41) is 8.66. The predicted octanol–water partition coefficient (Wildman–Crippen LogP) is 3.37. The van der Waals surface area contributed by atoms with Crippen molar-refractivity contribution < 1.29 is 0 Å². The van der Waals surface area contributed by atoms with Crippen LogP contribution >= 0.6 is 0 Å². The third-order valence-corrected chi connectivity index (χ3v) is 6.29. The Bertz CT molecular complexity index is 465. The van der Waals surface area contributed by atoms with Gasteiger partial charge in [-0.1, -0.05) is 0 Å². The molecule has 0 amide bonds. The van der Waals surface area contributed by atoms with E-state index in [1.807, 2.05) is 6.33 Å². The molecular weight excluding hydrogens is 234 g/mol. The summed E-state index contributed by atoms with van der Waals surface area (Å²) in [6, 6.07) is 0.735. The van der Waals surface area contributed by atoms with Crippen LogP contribution in [0, 0.1) is 23.2 Å². The first-order valence-electron chi connectivity index (χ1n) is 8.18. The number of nitrogens with zero attached hydrogens (tertiary/aromatic N) is 3. The van der Waals surface area contributed by atoms with E-state index in [1.165, 1.54) is 63.6 Å². The Morgan fingerprint density at radius 1 is 1.05 bits per heavy atom. The van der Waals surface area contributed by atoms with Crippen molar-refractivity contribution in [3.63, 3.8) is 0 Å². The molecule has 0 aromatic carbocycles. The van der Waals surface area contributed by atoms with Gasteiger partial charge in [-0.3, -0.25) is 0 Å². The summed E-state index contributed by atoms with van der Waals surface area (Å²) < 4.78 is 2.39. The van der Waals surface area contributed by atoms with Crippen LogP contribution < -0.4 is 0 Å². The Kier molecular flexibility index (Phi) is 2.07. The average molecular weight is 257 g/mol. The van der Waals surface area contributed by atoms with Gasteiger partial charge in [0, 0.05) is 12.5 Å². The maximum atomic E-state index is 4.47. The standard InChI is InChI=1S/C16H23N3/c1-2-14(1)19-10-17-18-15(19)9-16-6-11-3-12(7-16)5-13(4-11)8-16/h10-14H,1-9H2. The number of hydrogen-bond acceptors (Lipinski definition) is 2. The molecule has 0 radical (unpaired) electrons. The maximum Gasteiger partial charge on any atom is 0.133 e. The SMILES string of the molecule is c1nnc(CC23CC4CC(CC(C4)C2)C3)n1C1CC1. The minimum atomic E-state index is 0.606. The van der Waals surface area contributed by atoms with Gasteiger partial charge < -0.3 is 4.57 Å². The molecule has 102 valence electrons. The fraction of sp³-hybridized carbons (Fsp3) is 0.875. The van der Waals surface area contributed by atoms with E-state index in [9.17, 15) is 0 Å². The molecule has 6 rings (SSSR count). The summed E-state index contributed by atoms with van der Waals surface area (Å²) in [5.41, 5.74) is 0.606. The van der Waals surface area contributed by atoms with E-state index in [0.717, 1.165) is 23.8 Å². The zero-order valence-corrected chi connectivity index (χ0v) is 11.6. The lowest BCUT2D eigenvalue weighted by Crippen LogP contribution is -2.47. The van der Waals surface area contributed by atoms with Crippen LogP contribution in [-0.2, 0) is 6.42 Å². The van der Waals surface area contributed by atoms with Gasteiger partial charge in [0.05, 0.1) is 0 Å². The van der Waals surface area contributed by atoms with Gasteiger partial charge in [-0.05, 0) is 74.5 Å². The van der Waals surface area contributed by atoms with Crippen LogP contribution in [0.2, 0.25) is 0 Å². The molecule has 1 heterocycles. The Morgan fingerprint density at radius 2 is 1.68 bits per heavy atom. The van der Waals surface area contributed by atoms with Crippen molar-refractivity contribution in [3.8, 4) is 0 Å². The topological polar surface area (TPSA) is 30.7 Å². The highest BCUT2D eigenvalue weighted by Gasteiger charge is 2.51. The molecule has 5 saturated carbocycles. The zero-order chi connectivity index (χ0) is 12.4. The van der Waals surface area contributed by atoms with Gasteiger partial charge in [-0.15, -0.1) is 10.2 Å². The molecule has 0 unspecified atom stereocenters. The summed E-state index contributed by atoms with van der Waals surface area (Å²) >= 11 is 0. The largest absolute Gasteiger partial charge is 0.314 e. The molecule has 1 aromatic rings. The smallest absolute Gasteiger partial charge is 0.133 e. The highest BCUT2D eigenvalue weighted by atomic mass is 15.3. The lowest BCUT2D eigenvalue weighted by atomic mass is 9.49. The van der Waals surface area contributed by atoms with Crippen LogP contribution in [0.25, 0.3) is 0 Å². The van der Waals surface area contributed by atoms with Crippen molar-refractivity contribution >= 4 is 0 Å². The van der Waals surface area contributed by atoms with Crippen LogP contribution in [0.1, 0.15) is 63.2 Å². The molecule has 0 spiro atoms. The molecule has 3 heteroatoms. The lowest BCUT2D eigenvalue weighted by Gasteiger charge is -2.56. The van der Waals surface area contributed by atoms with Gasteiger partial charge in [0.25, 0.3) is 0 Å². The van der Waals surface area contributed by atoms with Crippen molar-refractivity contribution in [2.75, 3.05) is 0 Å². The van der Waals surface area contributed by atoms with Gasteiger partial charge >= 0.3 is 0 Å². The number of rotatable bonds is 3. The van der Waals surface area contributed by atoms with Crippen molar-refractivity contribution in [2.24, 2.45) is 23.2 Å². The predicted molar refractivity (Wildman–Crippen MR) is 72.6 cm³/mol. The van der Waals surface area contributed by atoms with E-state index in [2.05, 4.69) is 14.8 Å². The highest BCUT2D eigenvalue weighted by molar-refractivity contribution is 5.07. The van der Waals surface area contributed by atoms with E-state index in [0.29, 0.717) is 5.41 Å². The van der Waals surface area contributed by atoms with E-state index >= 15 is 0 Å². The van der Waals surface area contributed by atoms with Crippen molar-refractivity contribution in [3.05, 3.63) is 12.2 Å². The fourth-order valence-corrected chi connectivity index (χ4v) is 5.89. The van der Waals surface area contributed by atoms with E-state index in [1.54, 1.807) is 0 Å². The summed E-state index contributed by atoms with van der Waals surface area (Å²) in [6.07, 6.45) is 14.9. The average Bonchev–Trinajstić information content (AvgIpc) is 3.09. The molecule has 1 aromatic heterocycles. The Hall–Kier alpha value is -0.860. The maximum absolute atomic E-state index is 4.47. The summed E-state index contributed by atoms with van der Waals surface area (Å²) in [6.45, 7) is 0. The lowest BCUT2D eigenvalue weighted by molar-refractivity contribution is -0.0535. The summed E-state index contributed by atoms with van der Waals surface area (Å²) in [4.78, 5) is 0. The second-order valence-electron chi connectivity index (χ2n) is 7.98. The van der Waals surface area contributed by atoms with Crippen molar-refractivity contribution in [2.45, 2.75) is 63.8 Å². The van der Waals surface area contributed by atoms with E-state index < -0.39 is 0 Å². The van der Waals surface area contributed by atoms with E-state index in [-0.39, 0.29) is 0 Å². The molecule has 19 heavy (non-hydrogen) atoms. The molecule has 3 nitrogen and oxygen atoms in total. The fourth-order valence-electron chi connectivity index (χ4n) is 5.89. The van der Waals surface area contributed by atoms with Gasteiger partial charge in [-0.2, -0.15) is 0 Å². The van der Waals surface area contributed by atoms with Crippen LogP contribution in [0.15, 0.2) is 6.33 Å². The molecule has 5 aliphatic carbocycles. The Morgan fingerprint density at radius 3 is 2.26 bits per heavy atom. The van der Waals surface area contributed by atoms with Gasteiger partial charge in [0.2, 0.25) is 0 Å². The van der Waals surface area contributed by atoms with Gasteiger partial charge in [0.15, 0.2) is 0 Å². The molecule has 0 atom stereocenters. The molecule has 5 aliphatic rings. The molecule has 0 N–H and O–H groups in total. The monoisotopic (exact) mass is 257 g/mol. The van der Waals surface area contributed by atoms with Crippen LogP contribution in [-0.4, -0.2) is 14.8 Å². The molecular formula is C16H23N3. The van der Waals surface area contributed by atoms with Crippen LogP contribution in [0.3, 0.4) is 0 Å². The van der Waals surface area contributed by atoms with Gasteiger partial charge in [0.1, 0.15) is 12.2 Å². The Labute approximate surface area is 114 Å². The number of aromatic nitrogens is 3. The molecule has 0 aliphatic heterocycles. The van der Waals surface area contributed by atoms with Crippen LogP contribution in [0.4, 0.5) is 0 Å². The first-order valence-corrected chi connectivity index (χ1v) is 8.18. The summed E-state index contributed by atoms with van der Waals surface area (Å²) in [7, 11) is 0. The first-order chi connectivity index (χ1) is 9.30. The minimum absolute atomic E-state index is 0.606. The third-order valence-electron chi connectivity index (χ3n) is 6.29. The van der Waals surface area contributed by atoms with Crippen LogP contribution in [0.5, 0.6) is 0 Å². The normalized spacial score (nSPS) is 43.9. The first kappa shape index (κ1) is 10.9. The summed E-state index contributed by atoms with van der Waals surface area (Å²) in [5.74, 6) is 4.43. The Balaban J connectivity index is 1.44. The zero-order valence-electron chi connectivity index (χ0n) is 11.6. The molecule has 0 saturated heterocycles.